The third-order valence-electron chi connectivity index (χ3n) is 2.94. The molecule has 0 spiro atoms. The SMILES string of the molecule is NCC(=O)Nc1ccccc1NC(=O)/C=C/c1ccc(Cl)cc1. The zero-order valence-electron chi connectivity index (χ0n) is 12.3. The van der Waals surface area contributed by atoms with Crippen LogP contribution in [0.25, 0.3) is 6.08 Å². The van der Waals surface area contributed by atoms with Crippen LogP contribution in [0, 0.1) is 0 Å². The Morgan fingerprint density at radius 1 is 1.00 bits per heavy atom. The number of para-hydroxylation sites is 2. The molecule has 2 aromatic carbocycles. The van der Waals surface area contributed by atoms with Crippen LogP contribution in [0.2, 0.25) is 5.02 Å². The second-order valence-corrected chi connectivity index (χ2v) is 5.11. The molecule has 0 unspecified atom stereocenters. The predicted molar refractivity (Wildman–Crippen MR) is 93.2 cm³/mol. The van der Waals surface area contributed by atoms with Gasteiger partial charge in [0.15, 0.2) is 0 Å². The summed E-state index contributed by atoms with van der Waals surface area (Å²) in [7, 11) is 0. The molecule has 2 rings (SSSR count). The largest absolute Gasteiger partial charge is 0.323 e. The number of nitrogens with two attached hydrogens (primary N) is 1. The third-order valence-corrected chi connectivity index (χ3v) is 3.19. The van der Waals surface area contributed by atoms with Crippen LogP contribution in [0.15, 0.2) is 54.6 Å². The summed E-state index contributed by atoms with van der Waals surface area (Å²) in [6.45, 7) is -0.126. The Hall–Kier alpha value is -2.63. The van der Waals surface area contributed by atoms with E-state index in [1.807, 2.05) is 12.1 Å². The van der Waals surface area contributed by atoms with E-state index in [2.05, 4.69) is 10.6 Å². The van der Waals surface area contributed by atoms with Gasteiger partial charge in [-0.15, -0.1) is 0 Å². The summed E-state index contributed by atoms with van der Waals surface area (Å²) in [5.74, 6) is -0.641. The minimum atomic E-state index is -0.330. The molecule has 0 aliphatic rings. The van der Waals surface area contributed by atoms with E-state index in [1.54, 1.807) is 42.5 Å². The van der Waals surface area contributed by atoms with Crippen LogP contribution in [-0.2, 0) is 9.59 Å². The fraction of sp³-hybridized carbons (Fsp3) is 0.0588. The van der Waals surface area contributed by atoms with Crippen LogP contribution >= 0.6 is 11.6 Å². The van der Waals surface area contributed by atoms with Gasteiger partial charge in [-0.1, -0.05) is 35.9 Å². The van der Waals surface area contributed by atoms with Crippen molar-refractivity contribution in [2.45, 2.75) is 0 Å². The number of benzene rings is 2. The number of carbonyl (C=O) groups excluding carboxylic acids is 2. The Labute approximate surface area is 139 Å². The molecule has 0 bridgehead atoms. The van der Waals surface area contributed by atoms with Crippen molar-refractivity contribution in [3.05, 3.63) is 65.2 Å². The zero-order chi connectivity index (χ0) is 16.7. The van der Waals surface area contributed by atoms with E-state index >= 15 is 0 Å². The normalized spacial score (nSPS) is 10.5. The van der Waals surface area contributed by atoms with Crippen LogP contribution in [0.4, 0.5) is 11.4 Å². The van der Waals surface area contributed by atoms with Gasteiger partial charge in [0.2, 0.25) is 11.8 Å². The number of amides is 2. The van der Waals surface area contributed by atoms with E-state index < -0.39 is 0 Å². The molecule has 4 N–H and O–H groups in total. The lowest BCUT2D eigenvalue weighted by atomic mass is 10.2. The molecule has 0 aliphatic carbocycles. The molecular formula is C17H16ClN3O2. The second kappa shape index (κ2) is 8.12. The molecule has 0 saturated heterocycles. The maximum atomic E-state index is 12.0. The minimum absolute atomic E-state index is 0.126. The quantitative estimate of drug-likeness (QED) is 0.737. The second-order valence-electron chi connectivity index (χ2n) is 4.67. The van der Waals surface area contributed by atoms with Gasteiger partial charge in [-0.05, 0) is 35.9 Å². The number of rotatable bonds is 5. The smallest absolute Gasteiger partial charge is 0.248 e. The molecule has 0 aromatic heterocycles. The first-order valence-electron chi connectivity index (χ1n) is 6.92. The molecule has 2 aromatic rings. The highest BCUT2D eigenvalue weighted by molar-refractivity contribution is 6.30. The summed E-state index contributed by atoms with van der Waals surface area (Å²) in [6, 6.07) is 14.0. The first-order valence-corrected chi connectivity index (χ1v) is 7.30. The standard InChI is InChI=1S/C17H16ClN3O2/c18-13-8-5-12(6-9-13)7-10-16(22)20-14-3-1-2-4-15(14)21-17(23)11-19/h1-10H,11,19H2,(H,20,22)(H,21,23)/b10-7+. The molecule has 5 nitrogen and oxygen atoms in total. The molecular weight excluding hydrogens is 314 g/mol. The average Bonchev–Trinajstić information content (AvgIpc) is 2.56. The molecule has 0 atom stereocenters. The van der Waals surface area contributed by atoms with E-state index in [9.17, 15) is 9.59 Å². The highest BCUT2D eigenvalue weighted by atomic mass is 35.5. The van der Waals surface area contributed by atoms with Gasteiger partial charge >= 0.3 is 0 Å². The van der Waals surface area contributed by atoms with E-state index in [0.717, 1.165) is 5.56 Å². The van der Waals surface area contributed by atoms with Gasteiger partial charge < -0.3 is 16.4 Å². The Morgan fingerprint density at radius 2 is 1.61 bits per heavy atom. The lowest BCUT2D eigenvalue weighted by Gasteiger charge is -2.10. The van der Waals surface area contributed by atoms with Crippen molar-refractivity contribution in [2.75, 3.05) is 17.2 Å². The fourth-order valence-corrected chi connectivity index (χ4v) is 1.95. The van der Waals surface area contributed by atoms with Gasteiger partial charge in [-0.3, -0.25) is 9.59 Å². The number of anilines is 2. The van der Waals surface area contributed by atoms with E-state index in [4.69, 9.17) is 17.3 Å². The summed E-state index contributed by atoms with van der Waals surface area (Å²) in [5.41, 5.74) is 7.13. The van der Waals surface area contributed by atoms with Crippen LogP contribution in [0.5, 0.6) is 0 Å². The highest BCUT2D eigenvalue weighted by Crippen LogP contribution is 2.21. The molecule has 6 heteroatoms. The number of halogens is 1. The lowest BCUT2D eigenvalue weighted by Crippen LogP contribution is -2.22. The highest BCUT2D eigenvalue weighted by Gasteiger charge is 2.06. The summed E-state index contributed by atoms with van der Waals surface area (Å²) in [6.07, 6.45) is 3.08. The first kappa shape index (κ1) is 16.7. The Bertz CT molecular complexity index is 727. The molecule has 2 amide bonds. The van der Waals surface area contributed by atoms with Gasteiger partial charge in [-0.25, -0.2) is 0 Å². The van der Waals surface area contributed by atoms with E-state index in [1.165, 1.54) is 6.08 Å². The molecule has 0 aliphatic heterocycles. The van der Waals surface area contributed by atoms with E-state index in [-0.39, 0.29) is 18.4 Å². The first-order chi connectivity index (χ1) is 11.1. The van der Waals surface area contributed by atoms with Crippen molar-refractivity contribution in [3.63, 3.8) is 0 Å². The molecule has 118 valence electrons. The van der Waals surface area contributed by atoms with Crippen LogP contribution in [-0.4, -0.2) is 18.4 Å². The summed E-state index contributed by atoms with van der Waals surface area (Å²) in [5, 5.41) is 5.98. The van der Waals surface area contributed by atoms with Gasteiger partial charge in [0.05, 0.1) is 17.9 Å². The van der Waals surface area contributed by atoms with Gasteiger partial charge in [0, 0.05) is 11.1 Å². The van der Waals surface area contributed by atoms with Crippen molar-refractivity contribution in [1.29, 1.82) is 0 Å². The zero-order valence-corrected chi connectivity index (χ0v) is 13.0. The molecule has 23 heavy (non-hydrogen) atoms. The topological polar surface area (TPSA) is 84.2 Å². The van der Waals surface area contributed by atoms with Crippen LogP contribution in [0.3, 0.4) is 0 Å². The Kier molecular flexibility index (Phi) is 5.91. The van der Waals surface area contributed by atoms with Crippen molar-refractivity contribution in [3.8, 4) is 0 Å². The molecule has 0 radical (unpaired) electrons. The molecule has 0 fully saturated rings. The third kappa shape index (κ3) is 5.25. The fourth-order valence-electron chi connectivity index (χ4n) is 1.82. The summed E-state index contributed by atoms with van der Waals surface area (Å²) < 4.78 is 0. The summed E-state index contributed by atoms with van der Waals surface area (Å²) in [4.78, 5) is 23.4. The van der Waals surface area contributed by atoms with Crippen molar-refractivity contribution >= 4 is 40.9 Å². The molecule has 0 saturated carbocycles. The van der Waals surface area contributed by atoms with E-state index in [0.29, 0.717) is 16.4 Å². The number of hydrogen-bond donors (Lipinski definition) is 3. The number of carbonyl (C=O) groups is 2. The van der Waals surface area contributed by atoms with Gasteiger partial charge in [-0.2, -0.15) is 0 Å². The number of nitrogens with one attached hydrogen (secondary N) is 2. The Morgan fingerprint density at radius 3 is 2.22 bits per heavy atom. The summed E-state index contributed by atoms with van der Waals surface area (Å²) >= 11 is 5.81. The van der Waals surface area contributed by atoms with Crippen LogP contribution < -0.4 is 16.4 Å². The molecule has 0 heterocycles. The van der Waals surface area contributed by atoms with Gasteiger partial charge in [0.1, 0.15) is 0 Å². The minimum Gasteiger partial charge on any atom is -0.323 e. The maximum Gasteiger partial charge on any atom is 0.248 e. The maximum absolute atomic E-state index is 12.0. The monoisotopic (exact) mass is 329 g/mol. The van der Waals surface area contributed by atoms with Crippen molar-refractivity contribution in [1.82, 2.24) is 0 Å². The average molecular weight is 330 g/mol. The predicted octanol–water partition coefficient (Wildman–Crippen LogP) is 2.89. The Balaban J connectivity index is 2.05. The lowest BCUT2D eigenvalue weighted by molar-refractivity contribution is -0.115. The van der Waals surface area contributed by atoms with Crippen molar-refractivity contribution in [2.24, 2.45) is 5.73 Å². The number of hydrogen-bond acceptors (Lipinski definition) is 3. The van der Waals surface area contributed by atoms with Crippen molar-refractivity contribution < 1.29 is 9.59 Å². The van der Waals surface area contributed by atoms with Gasteiger partial charge in [0.25, 0.3) is 0 Å². The van der Waals surface area contributed by atoms with Crippen LogP contribution in [0.1, 0.15) is 5.56 Å².